The molecule has 0 bridgehead atoms. The molecule has 2 nitrogen and oxygen atoms in total. The quantitative estimate of drug-likeness (QED) is 0.772. The van der Waals surface area contributed by atoms with Crippen LogP contribution < -0.4 is 0 Å². The summed E-state index contributed by atoms with van der Waals surface area (Å²) in [5.41, 5.74) is 0. The van der Waals surface area contributed by atoms with E-state index in [-0.39, 0.29) is 9.79 Å². The molecule has 0 aliphatic rings. The van der Waals surface area contributed by atoms with Crippen LogP contribution in [0.5, 0.6) is 0 Å². The van der Waals surface area contributed by atoms with Crippen molar-refractivity contribution in [3.8, 4) is 0 Å². The first-order chi connectivity index (χ1) is 8.01. The Morgan fingerprint density at radius 3 is 2.00 bits per heavy atom. The summed E-state index contributed by atoms with van der Waals surface area (Å²) in [5.74, 6) is -2.25. The van der Waals surface area contributed by atoms with Crippen LogP contribution in [0.1, 0.15) is 0 Å². The van der Waals surface area contributed by atoms with Crippen LogP contribution in [0, 0.1) is 11.6 Å². The van der Waals surface area contributed by atoms with Crippen LogP contribution in [0.25, 0.3) is 0 Å². The maximum atomic E-state index is 13.0. The fourth-order valence-electron chi connectivity index (χ4n) is 1.38. The van der Waals surface area contributed by atoms with E-state index < -0.39 is 21.5 Å². The number of sulfone groups is 1. The Morgan fingerprint density at radius 2 is 1.41 bits per heavy atom. The molecule has 0 spiro atoms. The number of hydrogen-bond donors (Lipinski definition) is 0. The molecule has 0 heterocycles. The summed E-state index contributed by atoms with van der Waals surface area (Å²) in [5, 5.41) is 0. The summed E-state index contributed by atoms with van der Waals surface area (Å²) < 4.78 is 49.7. The molecule has 0 saturated heterocycles. The van der Waals surface area contributed by atoms with Crippen LogP contribution in [-0.2, 0) is 9.84 Å². The number of benzene rings is 2. The molecular formula is C12H8F2O2S. The van der Waals surface area contributed by atoms with Crippen molar-refractivity contribution in [2.24, 2.45) is 0 Å². The zero-order valence-electron chi connectivity index (χ0n) is 8.60. The van der Waals surface area contributed by atoms with Crippen LogP contribution in [0.15, 0.2) is 58.3 Å². The zero-order chi connectivity index (χ0) is 12.5. The van der Waals surface area contributed by atoms with Crippen molar-refractivity contribution in [1.29, 1.82) is 0 Å². The second kappa shape index (κ2) is 4.25. The predicted molar refractivity (Wildman–Crippen MR) is 58.3 cm³/mol. The molecule has 0 atom stereocenters. The summed E-state index contributed by atoms with van der Waals surface area (Å²) in [6.45, 7) is 0. The van der Waals surface area contributed by atoms with Gasteiger partial charge in [0.05, 0.1) is 9.79 Å². The van der Waals surface area contributed by atoms with E-state index in [1.165, 1.54) is 12.1 Å². The van der Waals surface area contributed by atoms with E-state index in [4.69, 9.17) is 0 Å². The molecule has 0 aliphatic carbocycles. The Kier molecular flexibility index (Phi) is 2.93. The molecule has 0 saturated carbocycles. The van der Waals surface area contributed by atoms with Crippen LogP contribution in [0.4, 0.5) is 8.78 Å². The lowest BCUT2D eigenvalue weighted by atomic mass is 10.3. The third-order valence-corrected chi connectivity index (χ3v) is 4.02. The first-order valence-corrected chi connectivity index (χ1v) is 6.25. The van der Waals surface area contributed by atoms with Gasteiger partial charge in [0.2, 0.25) is 9.84 Å². The highest BCUT2D eigenvalue weighted by molar-refractivity contribution is 7.91. The van der Waals surface area contributed by atoms with Gasteiger partial charge in [0, 0.05) is 0 Å². The van der Waals surface area contributed by atoms with Crippen molar-refractivity contribution in [3.63, 3.8) is 0 Å². The fraction of sp³-hybridized carbons (Fsp3) is 0. The molecule has 0 fully saturated rings. The van der Waals surface area contributed by atoms with Crippen LogP contribution in [0.3, 0.4) is 0 Å². The Hall–Kier alpha value is -1.75. The normalized spacial score (nSPS) is 11.4. The molecule has 0 unspecified atom stereocenters. The molecule has 2 aromatic rings. The molecule has 88 valence electrons. The van der Waals surface area contributed by atoms with Crippen molar-refractivity contribution in [2.75, 3.05) is 0 Å². The van der Waals surface area contributed by atoms with Crippen LogP contribution >= 0.6 is 0 Å². The van der Waals surface area contributed by atoms with E-state index in [1.807, 2.05) is 0 Å². The van der Waals surface area contributed by atoms with E-state index in [0.29, 0.717) is 6.07 Å². The van der Waals surface area contributed by atoms with Gasteiger partial charge in [-0.1, -0.05) is 18.2 Å². The van der Waals surface area contributed by atoms with Gasteiger partial charge >= 0.3 is 0 Å². The summed E-state index contributed by atoms with van der Waals surface area (Å²) in [7, 11) is -3.78. The lowest BCUT2D eigenvalue weighted by molar-refractivity contribution is 0.504. The Balaban J connectivity index is 2.57. The molecular weight excluding hydrogens is 246 g/mol. The van der Waals surface area contributed by atoms with Gasteiger partial charge in [-0.15, -0.1) is 0 Å². The maximum absolute atomic E-state index is 13.0. The molecule has 2 aromatic carbocycles. The first-order valence-electron chi connectivity index (χ1n) is 4.77. The lowest BCUT2D eigenvalue weighted by Crippen LogP contribution is -2.02. The van der Waals surface area contributed by atoms with Crippen molar-refractivity contribution in [3.05, 3.63) is 60.2 Å². The van der Waals surface area contributed by atoms with Gasteiger partial charge in [0.1, 0.15) is 0 Å². The monoisotopic (exact) mass is 254 g/mol. The van der Waals surface area contributed by atoms with Gasteiger partial charge in [-0.2, -0.15) is 0 Å². The second-order valence-corrected chi connectivity index (χ2v) is 5.34. The Morgan fingerprint density at radius 1 is 0.765 bits per heavy atom. The third-order valence-electron chi connectivity index (χ3n) is 2.25. The molecule has 0 amide bonds. The zero-order valence-corrected chi connectivity index (χ0v) is 9.42. The van der Waals surface area contributed by atoms with Gasteiger partial charge in [-0.05, 0) is 30.3 Å². The minimum Gasteiger partial charge on any atom is -0.219 e. The topological polar surface area (TPSA) is 34.1 Å². The fourth-order valence-corrected chi connectivity index (χ4v) is 2.67. The molecule has 0 aliphatic heterocycles. The number of rotatable bonds is 2. The van der Waals surface area contributed by atoms with Gasteiger partial charge in [-0.25, -0.2) is 17.2 Å². The third kappa shape index (κ3) is 2.19. The molecule has 17 heavy (non-hydrogen) atoms. The highest BCUT2D eigenvalue weighted by Crippen LogP contribution is 2.21. The van der Waals surface area contributed by atoms with Crippen molar-refractivity contribution in [1.82, 2.24) is 0 Å². The highest BCUT2D eigenvalue weighted by Gasteiger charge is 2.18. The van der Waals surface area contributed by atoms with Gasteiger partial charge in [0.15, 0.2) is 11.6 Å². The average molecular weight is 254 g/mol. The number of halogens is 2. The van der Waals surface area contributed by atoms with E-state index >= 15 is 0 Å². The molecule has 0 radical (unpaired) electrons. The Labute approximate surface area is 97.4 Å². The highest BCUT2D eigenvalue weighted by atomic mass is 32.2. The summed E-state index contributed by atoms with van der Waals surface area (Å²) >= 11 is 0. The van der Waals surface area contributed by atoms with Crippen molar-refractivity contribution < 1.29 is 17.2 Å². The summed E-state index contributed by atoms with van der Waals surface area (Å²) in [6.07, 6.45) is 0. The SMILES string of the molecule is O=S(=O)(c1ccccc1)c1ccc(F)c(F)c1. The van der Waals surface area contributed by atoms with Crippen molar-refractivity contribution >= 4 is 9.84 Å². The Bertz CT molecular complexity index is 637. The minimum atomic E-state index is -3.78. The lowest BCUT2D eigenvalue weighted by Gasteiger charge is -2.04. The van der Waals surface area contributed by atoms with Crippen LogP contribution in [-0.4, -0.2) is 8.42 Å². The van der Waals surface area contributed by atoms with Crippen molar-refractivity contribution in [2.45, 2.75) is 9.79 Å². The summed E-state index contributed by atoms with van der Waals surface area (Å²) in [4.78, 5) is -0.214. The minimum absolute atomic E-state index is 0.0472. The molecule has 0 aromatic heterocycles. The average Bonchev–Trinajstić information content (AvgIpc) is 2.33. The predicted octanol–water partition coefficient (Wildman–Crippen LogP) is 2.80. The van der Waals surface area contributed by atoms with E-state index in [1.54, 1.807) is 18.2 Å². The first kappa shape index (κ1) is 11.7. The standard InChI is InChI=1S/C12H8F2O2S/c13-11-7-6-10(8-12(11)14)17(15,16)9-4-2-1-3-5-9/h1-8H. The largest absolute Gasteiger partial charge is 0.219 e. The maximum Gasteiger partial charge on any atom is 0.206 e. The second-order valence-electron chi connectivity index (χ2n) is 3.39. The van der Waals surface area contributed by atoms with Gasteiger partial charge in [-0.3, -0.25) is 0 Å². The smallest absolute Gasteiger partial charge is 0.206 e. The van der Waals surface area contributed by atoms with E-state index in [0.717, 1.165) is 12.1 Å². The van der Waals surface area contributed by atoms with E-state index in [9.17, 15) is 17.2 Å². The molecule has 2 rings (SSSR count). The summed E-state index contributed by atoms with van der Waals surface area (Å²) in [6, 6.07) is 10.1. The van der Waals surface area contributed by atoms with E-state index in [2.05, 4.69) is 0 Å². The van der Waals surface area contributed by atoms with Gasteiger partial charge in [0.25, 0.3) is 0 Å². The molecule has 5 heteroatoms. The molecule has 0 N–H and O–H groups in total. The van der Waals surface area contributed by atoms with Gasteiger partial charge < -0.3 is 0 Å². The number of hydrogen-bond acceptors (Lipinski definition) is 2. The van der Waals surface area contributed by atoms with Crippen LogP contribution in [0.2, 0.25) is 0 Å².